The number of nitrogens with two attached hydrogens (primary N) is 1. The lowest BCUT2D eigenvalue weighted by atomic mass is 9.88. The molecule has 8 nitrogen and oxygen atoms in total. The second-order valence-corrected chi connectivity index (χ2v) is 7.19. The number of aromatic nitrogens is 3. The second-order valence-electron chi connectivity index (χ2n) is 7.19. The summed E-state index contributed by atoms with van der Waals surface area (Å²) in [7, 11) is 0. The molecule has 1 aliphatic heterocycles. The van der Waals surface area contributed by atoms with Gasteiger partial charge in [0.25, 0.3) is 0 Å². The molecule has 5 atom stereocenters. The first kappa shape index (κ1) is 17.9. The fraction of sp³-hybridized carbons (Fsp3) is 0.368. The van der Waals surface area contributed by atoms with Gasteiger partial charge in [0, 0.05) is 6.20 Å². The number of nitrogen functional groups attached to an aromatic ring is 1. The molecule has 0 saturated carbocycles. The molecule has 4 rings (SSSR count). The minimum atomic E-state index is -1.68. The Hall–Kier alpha value is -2.52. The van der Waals surface area contributed by atoms with Gasteiger partial charge in [0.15, 0.2) is 6.23 Å². The average Bonchev–Trinajstić information content (AvgIpc) is 3.16. The Labute approximate surface area is 155 Å². The van der Waals surface area contributed by atoms with E-state index in [4.69, 9.17) is 10.5 Å². The molecule has 0 spiro atoms. The van der Waals surface area contributed by atoms with Gasteiger partial charge in [-0.2, -0.15) is 0 Å². The normalized spacial score (nSPS) is 29.3. The molecule has 0 unspecified atom stereocenters. The van der Waals surface area contributed by atoms with Crippen LogP contribution in [0.5, 0.6) is 0 Å². The molecule has 1 fully saturated rings. The van der Waals surface area contributed by atoms with Gasteiger partial charge in [0.2, 0.25) is 0 Å². The van der Waals surface area contributed by atoms with Gasteiger partial charge in [-0.1, -0.05) is 29.8 Å². The van der Waals surface area contributed by atoms with Gasteiger partial charge in [-0.25, -0.2) is 9.97 Å². The van der Waals surface area contributed by atoms with Crippen LogP contribution < -0.4 is 5.73 Å². The smallest absolute Gasteiger partial charge is 0.164 e. The number of aryl methyl sites for hydroxylation is 1. The molecule has 3 heterocycles. The molecule has 0 amide bonds. The topological polar surface area (TPSA) is 127 Å². The van der Waals surface area contributed by atoms with E-state index in [0.717, 1.165) is 5.56 Å². The zero-order valence-electron chi connectivity index (χ0n) is 15.0. The maximum atomic E-state index is 10.9. The van der Waals surface area contributed by atoms with Gasteiger partial charge in [0.1, 0.15) is 41.7 Å². The van der Waals surface area contributed by atoms with Crippen molar-refractivity contribution in [3.63, 3.8) is 0 Å². The van der Waals surface area contributed by atoms with E-state index < -0.39 is 30.1 Å². The molecule has 1 saturated heterocycles. The largest absolute Gasteiger partial charge is 0.386 e. The quantitative estimate of drug-likeness (QED) is 0.543. The van der Waals surface area contributed by atoms with Crippen LogP contribution in [0.4, 0.5) is 5.82 Å². The molecule has 8 heteroatoms. The van der Waals surface area contributed by atoms with E-state index in [1.54, 1.807) is 29.0 Å². The van der Waals surface area contributed by atoms with Crippen molar-refractivity contribution in [1.82, 2.24) is 14.5 Å². The molecule has 1 aromatic carbocycles. The molecule has 0 bridgehead atoms. The van der Waals surface area contributed by atoms with Crippen LogP contribution in [-0.4, -0.2) is 47.7 Å². The number of anilines is 1. The summed E-state index contributed by atoms with van der Waals surface area (Å²) in [6.07, 6.45) is -1.36. The summed E-state index contributed by atoms with van der Waals surface area (Å²) >= 11 is 0. The van der Waals surface area contributed by atoms with Crippen LogP contribution in [0.2, 0.25) is 0 Å². The Morgan fingerprint density at radius 1 is 1.22 bits per heavy atom. The number of ether oxygens (including phenoxy) is 1. The summed E-state index contributed by atoms with van der Waals surface area (Å²) in [6.45, 7) is 3.40. The van der Waals surface area contributed by atoms with Crippen LogP contribution in [0.3, 0.4) is 0 Å². The van der Waals surface area contributed by atoms with E-state index in [0.29, 0.717) is 22.4 Å². The highest BCUT2D eigenvalue weighted by Gasteiger charge is 2.55. The Balaban J connectivity index is 1.70. The number of aliphatic hydroxyl groups excluding tert-OH is 2. The second kappa shape index (κ2) is 6.28. The first-order valence-electron chi connectivity index (χ1n) is 8.68. The van der Waals surface area contributed by atoms with E-state index in [9.17, 15) is 15.3 Å². The van der Waals surface area contributed by atoms with Crippen LogP contribution in [-0.2, 0) is 4.74 Å². The number of aliphatic hydroxyl groups is 3. The molecular weight excluding hydrogens is 348 g/mol. The van der Waals surface area contributed by atoms with Gasteiger partial charge < -0.3 is 30.4 Å². The molecule has 3 aromatic rings. The SMILES string of the molecule is Cc1ccc([C@H](O)[C@H]2O[C@@H](n3ccc4c(N)ncnc43)[C@H](O)[C@]2(C)O)cc1. The van der Waals surface area contributed by atoms with Crippen molar-refractivity contribution in [2.45, 2.75) is 44.0 Å². The highest BCUT2D eigenvalue weighted by molar-refractivity contribution is 5.86. The fourth-order valence-corrected chi connectivity index (χ4v) is 3.57. The molecule has 0 radical (unpaired) electrons. The van der Waals surface area contributed by atoms with Crippen LogP contribution in [0.1, 0.15) is 30.4 Å². The lowest BCUT2D eigenvalue weighted by Gasteiger charge is -2.29. The van der Waals surface area contributed by atoms with Gasteiger partial charge in [0.05, 0.1) is 5.39 Å². The Morgan fingerprint density at radius 3 is 2.63 bits per heavy atom. The first-order valence-corrected chi connectivity index (χ1v) is 8.68. The van der Waals surface area contributed by atoms with Crippen LogP contribution in [0.15, 0.2) is 42.9 Å². The molecule has 2 aromatic heterocycles. The number of hydrogen-bond donors (Lipinski definition) is 4. The number of rotatable bonds is 3. The van der Waals surface area contributed by atoms with Crippen molar-refractivity contribution < 1.29 is 20.1 Å². The van der Waals surface area contributed by atoms with Crippen molar-refractivity contribution in [3.8, 4) is 0 Å². The summed E-state index contributed by atoms with van der Waals surface area (Å²) in [6, 6.07) is 9.01. The summed E-state index contributed by atoms with van der Waals surface area (Å²) < 4.78 is 7.53. The molecule has 5 N–H and O–H groups in total. The Kier molecular flexibility index (Phi) is 4.15. The van der Waals surface area contributed by atoms with Crippen molar-refractivity contribution in [2.24, 2.45) is 0 Å². The Morgan fingerprint density at radius 2 is 1.93 bits per heavy atom. The van der Waals surface area contributed by atoms with Crippen LogP contribution in [0.25, 0.3) is 11.0 Å². The molecule has 27 heavy (non-hydrogen) atoms. The van der Waals surface area contributed by atoms with Crippen LogP contribution in [0, 0.1) is 6.92 Å². The summed E-state index contributed by atoms with van der Waals surface area (Å²) in [4.78, 5) is 8.15. The molecule has 0 aliphatic carbocycles. The number of benzene rings is 1. The Bertz CT molecular complexity index is 970. The predicted molar refractivity (Wildman–Crippen MR) is 98.6 cm³/mol. The number of nitrogens with zero attached hydrogens (tertiary/aromatic N) is 3. The monoisotopic (exact) mass is 370 g/mol. The highest BCUT2D eigenvalue weighted by atomic mass is 16.6. The average molecular weight is 370 g/mol. The van der Waals surface area contributed by atoms with Crippen LogP contribution >= 0.6 is 0 Å². The maximum absolute atomic E-state index is 10.9. The van der Waals surface area contributed by atoms with Crippen molar-refractivity contribution >= 4 is 16.9 Å². The zero-order chi connectivity index (χ0) is 19.3. The lowest BCUT2D eigenvalue weighted by molar-refractivity contribution is -0.115. The lowest BCUT2D eigenvalue weighted by Crippen LogP contribution is -2.47. The first-order chi connectivity index (χ1) is 12.8. The van der Waals surface area contributed by atoms with E-state index in [-0.39, 0.29) is 0 Å². The van der Waals surface area contributed by atoms with E-state index in [1.807, 2.05) is 19.1 Å². The maximum Gasteiger partial charge on any atom is 0.164 e. The molecule has 1 aliphatic rings. The van der Waals surface area contributed by atoms with E-state index in [1.165, 1.54) is 13.3 Å². The van der Waals surface area contributed by atoms with Gasteiger partial charge in [-0.15, -0.1) is 0 Å². The van der Waals surface area contributed by atoms with Crippen molar-refractivity contribution in [2.75, 3.05) is 5.73 Å². The third-order valence-electron chi connectivity index (χ3n) is 5.25. The summed E-state index contributed by atoms with van der Waals surface area (Å²) in [5.74, 6) is 0.314. The zero-order valence-corrected chi connectivity index (χ0v) is 15.0. The van der Waals surface area contributed by atoms with Crippen molar-refractivity contribution in [1.29, 1.82) is 0 Å². The summed E-state index contributed by atoms with van der Waals surface area (Å²) in [5.41, 5.74) is 6.32. The summed E-state index contributed by atoms with van der Waals surface area (Å²) in [5, 5.41) is 33.1. The fourth-order valence-electron chi connectivity index (χ4n) is 3.57. The van der Waals surface area contributed by atoms with E-state index >= 15 is 0 Å². The van der Waals surface area contributed by atoms with Gasteiger partial charge >= 0.3 is 0 Å². The minimum absolute atomic E-state index is 0.314. The van der Waals surface area contributed by atoms with Gasteiger partial charge in [-0.05, 0) is 25.5 Å². The third-order valence-corrected chi connectivity index (χ3v) is 5.25. The third kappa shape index (κ3) is 2.78. The number of fused-ring (bicyclic) bond motifs is 1. The number of hydrogen-bond acceptors (Lipinski definition) is 7. The standard InChI is InChI=1S/C19H22N4O4/c1-10-3-5-11(6-4-10)13(24)15-19(2,26)14(25)18(27-15)23-8-7-12-16(20)21-9-22-17(12)23/h3-9,13-15,18,24-26H,1-2H3,(H2,20,21,22)/t13-,14-,15+,18+,19-/m0/s1. The highest BCUT2D eigenvalue weighted by Crippen LogP contribution is 2.43. The minimum Gasteiger partial charge on any atom is -0.386 e. The predicted octanol–water partition coefficient (Wildman–Crippen LogP) is 1.06. The van der Waals surface area contributed by atoms with E-state index in [2.05, 4.69) is 9.97 Å². The molecule has 142 valence electrons. The van der Waals surface area contributed by atoms with Crippen molar-refractivity contribution in [3.05, 3.63) is 54.0 Å². The van der Waals surface area contributed by atoms with Gasteiger partial charge in [-0.3, -0.25) is 0 Å². The molecular formula is C19H22N4O4.